The number of hydrogen-bond donors (Lipinski definition) is 1. The number of imidazole rings is 2. The van der Waals surface area contributed by atoms with Crippen LogP contribution in [0.2, 0.25) is 0 Å². The Morgan fingerprint density at radius 3 is 1.40 bits per heavy atom. The molecule has 60 heavy (non-hydrogen) atoms. The van der Waals surface area contributed by atoms with Gasteiger partial charge in [0.1, 0.15) is 28.9 Å². The fourth-order valence-electron chi connectivity index (χ4n) is 7.30. The van der Waals surface area contributed by atoms with Crippen molar-refractivity contribution in [2.75, 3.05) is 13.2 Å². The third-order valence-corrected chi connectivity index (χ3v) is 10.7. The number of nitrogens with zero attached hydrogens (tertiary/aromatic N) is 4. The number of rotatable bonds is 20. The SMILES string of the molecule is CC(=O)C[C@H](C)CCCOc1ccccc1Cn1c(C)cnc1-c1ccc(C)cc1.Cc1ccc(-c2ncc(C)n2Cc2ccccc2OCCC[C@@H](C)CC(=O)O)cc1. The Morgan fingerprint density at radius 1 is 0.600 bits per heavy atom. The van der Waals surface area contributed by atoms with E-state index < -0.39 is 5.97 Å². The highest BCUT2D eigenvalue weighted by molar-refractivity contribution is 5.75. The number of carbonyl (C=O) groups excluding carboxylic acids is 1. The summed E-state index contributed by atoms with van der Waals surface area (Å²) in [5, 5.41) is 8.88. The van der Waals surface area contributed by atoms with Gasteiger partial charge in [0.15, 0.2) is 0 Å². The third-order valence-electron chi connectivity index (χ3n) is 10.7. The number of carboxylic acid groups (broad SMARTS) is 1. The van der Waals surface area contributed by atoms with Gasteiger partial charge in [-0.2, -0.15) is 0 Å². The number of para-hydroxylation sites is 2. The molecular formula is C51H62N4O5. The van der Waals surface area contributed by atoms with Gasteiger partial charge in [0, 0.05) is 58.9 Å². The molecule has 2 heterocycles. The van der Waals surface area contributed by atoms with Gasteiger partial charge in [-0.3, -0.25) is 4.79 Å². The van der Waals surface area contributed by atoms with Crippen LogP contribution in [0.15, 0.2) is 109 Å². The first-order valence-corrected chi connectivity index (χ1v) is 21.2. The van der Waals surface area contributed by atoms with E-state index in [4.69, 9.17) is 14.6 Å². The maximum absolute atomic E-state index is 11.2. The molecule has 6 aromatic rings. The smallest absolute Gasteiger partial charge is 0.303 e. The van der Waals surface area contributed by atoms with Gasteiger partial charge in [-0.15, -0.1) is 0 Å². The van der Waals surface area contributed by atoms with Gasteiger partial charge in [0.25, 0.3) is 0 Å². The number of aryl methyl sites for hydroxylation is 4. The van der Waals surface area contributed by atoms with Crippen LogP contribution in [0.3, 0.4) is 0 Å². The largest absolute Gasteiger partial charge is 0.493 e. The van der Waals surface area contributed by atoms with Crippen molar-refractivity contribution in [3.05, 3.63) is 143 Å². The number of carboxylic acids is 1. The first-order valence-electron chi connectivity index (χ1n) is 21.2. The topological polar surface area (TPSA) is 108 Å². The Hall–Kier alpha value is -5.96. The van der Waals surface area contributed by atoms with E-state index in [1.54, 1.807) is 6.92 Å². The standard InChI is InChI=1S/C26H32N2O2.C25H30N2O3/c1-19-11-13-23(14-12-19)26-27-17-21(3)28(26)18-24-9-5-6-10-25(24)30-15-7-8-20(2)16-22(4)29;1-18-10-12-21(13-11-18)25-26-16-20(3)27(25)17-22-8-4-5-9-23(22)30-14-6-7-19(2)15-24(28)29/h5-6,9-14,17,20H,7-8,15-16,18H2,1-4H3;4-5,8-13,16,19H,6-7,14-15,17H2,1-3H3,(H,28,29)/t20-;19-/m11/s1. The lowest BCUT2D eigenvalue weighted by atomic mass is 10.00. The summed E-state index contributed by atoms with van der Waals surface area (Å²) in [4.78, 5) is 31.3. The molecule has 2 atom stereocenters. The minimum absolute atomic E-state index is 0.159. The number of ether oxygens (including phenoxy) is 2. The van der Waals surface area contributed by atoms with E-state index >= 15 is 0 Å². The zero-order chi connectivity index (χ0) is 43.0. The summed E-state index contributed by atoms with van der Waals surface area (Å²) in [6.45, 7) is 16.7. The van der Waals surface area contributed by atoms with Crippen molar-refractivity contribution in [2.24, 2.45) is 11.8 Å². The molecular weight excluding hydrogens is 749 g/mol. The van der Waals surface area contributed by atoms with Crippen molar-refractivity contribution < 1.29 is 24.2 Å². The number of ketones is 1. The fraction of sp³-hybridized carbons (Fsp3) is 0.373. The van der Waals surface area contributed by atoms with Crippen molar-refractivity contribution in [1.29, 1.82) is 0 Å². The van der Waals surface area contributed by atoms with Crippen LogP contribution in [0.1, 0.15) is 92.9 Å². The summed E-state index contributed by atoms with van der Waals surface area (Å²) < 4.78 is 16.6. The number of carbonyl (C=O) groups is 2. The summed E-state index contributed by atoms with van der Waals surface area (Å²) >= 11 is 0. The number of Topliss-reactive ketones (excluding diaryl/α,β-unsaturated/α-hetero) is 1. The Morgan fingerprint density at radius 2 is 1.00 bits per heavy atom. The van der Waals surface area contributed by atoms with Gasteiger partial charge < -0.3 is 28.5 Å². The van der Waals surface area contributed by atoms with Gasteiger partial charge >= 0.3 is 5.97 Å². The van der Waals surface area contributed by atoms with E-state index in [0.29, 0.717) is 38.6 Å². The number of aliphatic carboxylic acids is 1. The molecule has 0 saturated carbocycles. The first kappa shape index (κ1) is 45.1. The average molecular weight is 811 g/mol. The minimum Gasteiger partial charge on any atom is -0.493 e. The summed E-state index contributed by atoms with van der Waals surface area (Å²) in [6, 6.07) is 33.2. The van der Waals surface area contributed by atoms with Gasteiger partial charge in [-0.05, 0) is 84.3 Å². The molecule has 6 rings (SSSR count). The van der Waals surface area contributed by atoms with Crippen molar-refractivity contribution in [3.8, 4) is 34.3 Å². The van der Waals surface area contributed by atoms with Crippen LogP contribution in [-0.4, -0.2) is 49.2 Å². The predicted molar refractivity (Wildman–Crippen MR) is 241 cm³/mol. The van der Waals surface area contributed by atoms with E-state index in [-0.39, 0.29) is 18.1 Å². The lowest BCUT2D eigenvalue weighted by molar-refractivity contribution is -0.138. The predicted octanol–water partition coefficient (Wildman–Crippen LogP) is 11.5. The second-order valence-electron chi connectivity index (χ2n) is 16.3. The van der Waals surface area contributed by atoms with Crippen LogP contribution >= 0.6 is 0 Å². The van der Waals surface area contributed by atoms with Crippen molar-refractivity contribution in [2.45, 2.75) is 100 Å². The summed E-state index contributed by atoms with van der Waals surface area (Å²) in [7, 11) is 0. The Balaban J connectivity index is 0.000000228. The molecule has 0 aliphatic heterocycles. The zero-order valence-corrected chi connectivity index (χ0v) is 36.5. The molecule has 0 amide bonds. The average Bonchev–Trinajstić information content (AvgIpc) is 3.77. The molecule has 1 N–H and O–H groups in total. The monoisotopic (exact) mass is 810 g/mol. The fourth-order valence-corrected chi connectivity index (χ4v) is 7.30. The second kappa shape index (κ2) is 22.4. The molecule has 316 valence electrons. The van der Waals surface area contributed by atoms with Gasteiger partial charge in [0.2, 0.25) is 0 Å². The van der Waals surface area contributed by atoms with Crippen LogP contribution in [-0.2, 0) is 22.7 Å². The second-order valence-corrected chi connectivity index (χ2v) is 16.3. The summed E-state index contributed by atoms with van der Waals surface area (Å²) in [5.74, 6) is 3.79. The van der Waals surface area contributed by atoms with Crippen LogP contribution < -0.4 is 9.47 Å². The normalized spacial score (nSPS) is 12.0. The van der Waals surface area contributed by atoms with Crippen molar-refractivity contribution >= 4 is 11.8 Å². The number of hydrogen-bond acceptors (Lipinski definition) is 6. The van der Waals surface area contributed by atoms with Crippen LogP contribution in [0.4, 0.5) is 0 Å². The molecule has 4 aromatic carbocycles. The van der Waals surface area contributed by atoms with Crippen molar-refractivity contribution in [1.82, 2.24) is 19.1 Å². The Kier molecular flexibility index (Phi) is 16.9. The quantitative estimate of drug-likeness (QED) is 0.0765. The molecule has 0 radical (unpaired) electrons. The van der Waals surface area contributed by atoms with Gasteiger partial charge in [-0.1, -0.05) is 110 Å². The van der Waals surface area contributed by atoms with Crippen LogP contribution in [0.25, 0.3) is 22.8 Å². The first-order chi connectivity index (χ1) is 28.9. The minimum atomic E-state index is -0.742. The molecule has 0 spiro atoms. The highest BCUT2D eigenvalue weighted by Gasteiger charge is 2.15. The Labute approximate surface area is 356 Å². The lowest BCUT2D eigenvalue weighted by Crippen LogP contribution is -2.09. The maximum Gasteiger partial charge on any atom is 0.303 e. The lowest BCUT2D eigenvalue weighted by Gasteiger charge is -2.15. The van der Waals surface area contributed by atoms with E-state index in [2.05, 4.69) is 120 Å². The van der Waals surface area contributed by atoms with Crippen LogP contribution in [0, 0.1) is 39.5 Å². The van der Waals surface area contributed by atoms with Crippen LogP contribution in [0.5, 0.6) is 11.5 Å². The Bertz CT molecular complexity index is 2110. The molecule has 0 bridgehead atoms. The molecule has 0 aliphatic carbocycles. The number of aromatic nitrogens is 4. The summed E-state index contributed by atoms with van der Waals surface area (Å²) in [6.07, 6.45) is 8.31. The molecule has 0 aliphatic rings. The zero-order valence-electron chi connectivity index (χ0n) is 36.5. The van der Waals surface area contributed by atoms with Gasteiger partial charge in [0.05, 0.1) is 26.3 Å². The molecule has 0 saturated heterocycles. The molecule has 0 fully saturated rings. The van der Waals surface area contributed by atoms with Crippen molar-refractivity contribution in [3.63, 3.8) is 0 Å². The van der Waals surface area contributed by atoms with E-state index in [1.165, 1.54) is 11.1 Å². The van der Waals surface area contributed by atoms with E-state index in [0.717, 1.165) is 82.5 Å². The molecule has 9 nitrogen and oxygen atoms in total. The molecule has 9 heteroatoms. The van der Waals surface area contributed by atoms with E-state index in [9.17, 15) is 9.59 Å². The highest BCUT2D eigenvalue weighted by atomic mass is 16.5. The maximum atomic E-state index is 11.2. The van der Waals surface area contributed by atoms with E-state index in [1.807, 2.05) is 49.6 Å². The third kappa shape index (κ3) is 13.5. The molecule has 2 aromatic heterocycles. The molecule has 0 unspecified atom stereocenters. The highest BCUT2D eigenvalue weighted by Crippen LogP contribution is 2.27. The summed E-state index contributed by atoms with van der Waals surface area (Å²) in [5.41, 5.74) is 9.15. The number of benzene rings is 4. The van der Waals surface area contributed by atoms with Gasteiger partial charge in [-0.25, -0.2) is 9.97 Å².